The molecule has 0 atom stereocenters. The maximum atomic E-state index is 9.44. The summed E-state index contributed by atoms with van der Waals surface area (Å²) in [5.41, 5.74) is 4.92. The van der Waals surface area contributed by atoms with E-state index in [-0.39, 0.29) is 0 Å². The molecule has 1 aliphatic carbocycles. The highest BCUT2D eigenvalue weighted by Gasteiger charge is 2.08. The second-order valence-electron chi connectivity index (χ2n) is 6.02. The molecule has 0 bridgehead atoms. The molecule has 3 aromatic carbocycles. The van der Waals surface area contributed by atoms with Gasteiger partial charge in [-0.05, 0) is 65.8 Å². The zero-order valence-electron chi connectivity index (χ0n) is 13.7. The highest BCUT2D eigenvalue weighted by atomic mass is 16.3. The lowest BCUT2D eigenvalue weighted by Gasteiger charge is -2.13. The molecule has 4 rings (SSSR count). The van der Waals surface area contributed by atoms with E-state index in [1.807, 2.05) is 13.0 Å². The Morgan fingerprint density at radius 2 is 1.65 bits per heavy atom. The van der Waals surface area contributed by atoms with Gasteiger partial charge in [0.05, 0.1) is 0 Å². The lowest BCUT2D eigenvalue weighted by Crippen LogP contribution is -1.96. The summed E-state index contributed by atoms with van der Waals surface area (Å²) in [5, 5.41) is 12.1. The van der Waals surface area contributed by atoms with Crippen LogP contribution in [0, 0.1) is 13.8 Å². The maximum absolute atomic E-state index is 9.44. The first kappa shape index (κ1) is 15.4. The quantitative estimate of drug-likeness (QED) is 0.555. The maximum Gasteiger partial charge on any atom is 0.119 e. The van der Waals surface area contributed by atoms with Crippen molar-refractivity contribution < 1.29 is 5.11 Å². The molecule has 0 aliphatic heterocycles. The van der Waals surface area contributed by atoms with Gasteiger partial charge in [-0.1, -0.05) is 60.7 Å². The monoisotopic (exact) mass is 302 g/mol. The average Bonchev–Trinajstić information content (AvgIpc) is 2.60. The van der Waals surface area contributed by atoms with Crippen LogP contribution in [0.5, 0.6) is 5.75 Å². The Morgan fingerprint density at radius 3 is 2.48 bits per heavy atom. The van der Waals surface area contributed by atoms with Gasteiger partial charge in [-0.25, -0.2) is 0 Å². The summed E-state index contributed by atoms with van der Waals surface area (Å²) in [6.45, 7) is 4.10. The minimum Gasteiger partial charge on any atom is -0.508 e. The molecule has 23 heavy (non-hydrogen) atoms. The molecule has 0 unspecified atom stereocenters. The molecular weight excluding hydrogens is 280 g/mol. The Kier molecular flexibility index (Phi) is 4.47. The molecular formula is C22H22O. The summed E-state index contributed by atoms with van der Waals surface area (Å²) in [7, 11) is 0. The SMILES string of the molecule is Cc1c(O)ccc2c1C=CCC2.Cc1cccc2ccccc12. The number of aromatic hydroxyl groups is 1. The molecule has 0 spiro atoms. The number of hydrogen-bond acceptors (Lipinski definition) is 1. The Balaban J connectivity index is 0.000000136. The summed E-state index contributed by atoms with van der Waals surface area (Å²) in [4.78, 5) is 0. The Bertz CT molecular complexity index is 854. The van der Waals surface area contributed by atoms with Crippen molar-refractivity contribution in [1.82, 2.24) is 0 Å². The van der Waals surface area contributed by atoms with Gasteiger partial charge in [0.25, 0.3) is 0 Å². The van der Waals surface area contributed by atoms with Crippen molar-refractivity contribution in [3.05, 3.63) is 82.9 Å². The van der Waals surface area contributed by atoms with Crippen LogP contribution < -0.4 is 0 Å². The normalized spacial score (nSPS) is 12.4. The minimum absolute atomic E-state index is 0.403. The van der Waals surface area contributed by atoms with Crippen LogP contribution in [-0.4, -0.2) is 5.11 Å². The molecule has 0 heterocycles. The van der Waals surface area contributed by atoms with Crippen LogP contribution in [-0.2, 0) is 6.42 Å². The first-order chi connectivity index (χ1) is 11.2. The van der Waals surface area contributed by atoms with E-state index >= 15 is 0 Å². The number of aryl methyl sites for hydroxylation is 2. The van der Waals surface area contributed by atoms with Gasteiger partial charge in [-0.3, -0.25) is 0 Å². The van der Waals surface area contributed by atoms with E-state index in [1.54, 1.807) is 6.07 Å². The molecule has 0 radical (unpaired) electrons. The molecule has 0 amide bonds. The van der Waals surface area contributed by atoms with Crippen LogP contribution >= 0.6 is 0 Å². The summed E-state index contributed by atoms with van der Waals surface area (Å²) in [6, 6.07) is 18.6. The zero-order chi connectivity index (χ0) is 16.2. The second-order valence-corrected chi connectivity index (χ2v) is 6.02. The van der Waals surface area contributed by atoms with E-state index in [9.17, 15) is 5.11 Å². The molecule has 1 heteroatoms. The van der Waals surface area contributed by atoms with Gasteiger partial charge in [-0.2, -0.15) is 0 Å². The van der Waals surface area contributed by atoms with Crippen LogP contribution in [0.25, 0.3) is 16.8 Å². The van der Waals surface area contributed by atoms with Crippen molar-refractivity contribution in [3.63, 3.8) is 0 Å². The van der Waals surface area contributed by atoms with Crippen molar-refractivity contribution >= 4 is 16.8 Å². The minimum atomic E-state index is 0.403. The van der Waals surface area contributed by atoms with Crippen LogP contribution in [0.2, 0.25) is 0 Å². The Labute approximate surface area is 137 Å². The lowest BCUT2D eigenvalue weighted by molar-refractivity contribution is 0.470. The predicted octanol–water partition coefficient (Wildman–Crippen LogP) is 5.81. The number of fused-ring (bicyclic) bond motifs is 2. The number of phenolic OH excluding ortho intramolecular Hbond substituents is 1. The molecule has 1 nitrogen and oxygen atoms in total. The fourth-order valence-electron chi connectivity index (χ4n) is 3.05. The van der Waals surface area contributed by atoms with Gasteiger partial charge in [0.1, 0.15) is 5.75 Å². The Morgan fingerprint density at radius 1 is 0.870 bits per heavy atom. The van der Waals surface area contributed by atoms with E-state index in [0.717, 1.165) is 18.4 Å². The van der Waals surface area contributed by atoms with E-state index < -0.39 is 0 Å². The summed E-state index contributed by atoms with van der Waals surface area (Å²) in [5.74, 6) is 0.403. The Hall–Kier alpha value is -2.54. The molecule has 0 fully saturated rings. The summed E-state index contributed by atoms with van der Waals surface area (Å²) >= 11 is 0. The third-order valence-electron chi connectivity index (χ3n) is 4.45. The molecule has 1 N–H and O–H groups in total. The summed E-state index contributed by atoms with van der Waals surface area (Å²) in [6.07, 6.45) is 6.49. The molecule has 0 saturated heterocycles. The smallest absolute Gasteiger partial charge is 0.119 e. The van der Waals surface area contributed by atoms with Gasteiger partial charge < -0.3 is 5.11 Å². The van der Waals surface area contributed by atoms with Crippen LogP contribution in [0.15, 0.2) is 60.7 Å². The van der Waals surface area contributed by atoms with Crippen molar-refractivity contribution in [2.24, 2.45) is 0 Å². The van der Waals surface area contributed by atoms with Gasteiger partial charge in [-0.15, -0.1) is 0 Å². The van der Waals surface area contributed by atoms with Crippen molar-refractivity contribution in [2.45, 2.75) is 26.7 Å². The largest absolute Gasteiger partial charge is 0.508 e. The van der Waals surface area contributed by atoms with Crippen LogP contribution in [0.1, 0.15) is 28.7 Å². The average molecular weight is 302 g/mol. The first-order valence-electron chi connectivity index (χ1n) is 8.09. The third kappa shape index (κ3) is 3.29. The summed E-state index contributed by atoms with van der Waals surface area (Å²) < 4.78 is 0. The van der Waals surface area contributed by atoms with E-state index in [1.165, 1.54) is 27.5 Å². The number of hydrogen-bond donors (Lipinski definition) is 1. The van der Waals surface area contributed by atoms with Crippen molar-refractivity contribution in [2.75, 3.05) is 0 Å². The van der Waals surface area contributed by atoms with Crippen LogP contribution in [0.3, 0.4) is 0 Å². The predicted molar refractivity (Wildman–Crippen MR) is 98.9 cm³/mol. The molecule has 116 valence electrons. The number of benzene rings is 3. The van der Waals surface area contributed by atoms with Crippen molar-refractivity contribution in [1.29, 1.82) is 0 Å². The lowest BCUT2D eigenvalue weighted by atomic mass is 9.93. The zero-order valence-corrected chi connectivity index (χ0v) is 13.7. The van der Waals surface area contributed by atoms with Gasteiger partial charge in [0, 0.05) is 0 Å². The second kappa shape index (κ2) is 6.70. The number of phenols is 1. The van der Waals surface area contributed by atoms with E-state index in [2.05, 4.69) is 61.5 Å². The van der Waals surface area contributed by atoms with Gasteiger partial charge in [0.2, 0.25) is 0 Å². The third-order valence-corrected chi connectivity index (χ3v) is 4.45. The van der Waals surface area contributed by atoms with E-state index in [4.69, 9.17) is 0 Å². The van der Waals surface area contributed by atoms with Gasteiger partial charge >= 0.3 is 0 Å². The van der Waals surface area contributed by atoms with E-state index in [0.29, 0.717) is 5.75 Å². The standard InChI is InChI=1S/C11H12O.C11H10/c1-8-10-5-3-2-4-9(10)6-7-11(8)12;1-9-5-4-7-10-6-2-3-8-11(9)10/h3,5-7,12H,2,4H2,1H3;2-8H,1H3. The molecule has 3 aromatic rings. The highest BCUT2D eigenvalue weighted by molar-refractivity contribution is 5.85. The number of rotatable bonds is 0. The topological polar surface area (TPSA) is 20.2 Å². The first-order valence-corrected chi connectivity index (χ1v) is 8.09. The molecule has 0 aromatic heterocycles. The van der Waals surface area contributed by atoms with Gasteiger partial charge in [0.15, 0.2) is 0 Å². The number of allylic oxidation sites excluding steroid dienone is 1. The molecule has 1 aliphatic rings. The fourth-order valence-corrected chi connectivity index (χ4v) is 3.05. The highest BCUT2D eigenvalue weighted by Crippen LogP contribution is 2.28. The fraction of sp³-hybridized carbons (Fsp3) is 0.182. The van der Waals surface area contributed by atoms with Crippen molar-refractivity contribution in [3.8, 4) is 5.75 Å². The van der Waals surface area contributed by atoms with Crippen LogP contribution in [0.4, 0.5) is 0 Å². The molecule has 0 saturated carbocycles.